The molecule has 9 nitrogen and oxygen atoms in total. The van der Waals surface area contributed by atoms with Crippen molar-refractivity contribution in [2.45, 2.75) is 47.8 Å². The van der Waals surface area contributed by atoms with Crippen LogP contribution in [0.5, 0.6) is 0 Å². The summed E-state index contributed by atoms with van der Waals surface area (Å²) >= 11 is 1.34. The van der Waals surface area contributed by atoms with Crippen molar-refractivity contribution < 1.29 is 18.7 Å². The first kappa shape index (κ1) is 23.2. The van der Waals surface area contributed by atoms with Crippen LogP contribution in [0.4, 0.5) is 31.9 Å². The number of aromatic nitrogens is 4. The Hall–Kier alpha value is -3.25. The summed E-state index contributed by atoms with van der Waals surface area (Å²) in [5.41, 5.74) is 0.727. The van der Waals surface area contributed by atoms with Crippen LogP contribution in [0.15, 0.2) is 46.5 Å². The molecule has 3 aliphatic rings. The molecule has 188 valence electrons. The van der Waals surface area contributed by atoms with Gasteiger partial charge in [-0.3, -0.25) is 9.89 Å². The monoisotopic (exact) mass is 513 g/mol. The molecule has 36 heavy (non-hydrogen) atoms. The van der Waals surface area contributed by atoms with Gasteiger partial charge in [0.05, 0.1) is 13.1 Å². The van der Waals surface area contributed by atoms with Gasteiger partial charge >= 0.3 is 0 Å². The molecule has 0 bridgehead atoms. The molecule has 1 saturated heterocycles. The maximum absolute atomic E-state index is 13.1. The van der Waals surface area contributed by atoms with Crippen molar-refractivity contribution in [1.82, 2.24) is 20.2 Å². The van der Waals surface area contributed by atoms with Crippen molar-refractivity contribution in [3.63, 3.8) is 0 Å². The lowest BCUT2D eigenvalue weighted by molar-refractivity contribution is -0.119. The number of alkyl halides is 2. The van der Waals surface area contributed by atoms with Crippen molar-refractivity contribution in [3.05, 3.63) is 42.1 Å². The largest absolute Gasteiger partial charge is 0.386 e. The molecule has 12 heteroatoms. The Kier molecular flexibility index (Phi) is 5.41. The van der Waals surface area contributed by atoms with Gasteiger partial charge in [-0.15, -0.1) is 0 Å². The zero-order chi connectivity index (χ0) is 25.1. The highest BCUT2D eigenvalue weighted by atomic mass is 32.2. The molecule has 3 fully saturated rings. The number of aliphatic hydroxyl groups is 1. The molecule has 6 rings (SSSR count). The van der Waals surface area contributed by atoms with Crippen molar-refractivity contribution in [2.24, 2.45) is 11.8 Å². The molecular weight excluding hydrogens is 488 g/mol. The van der Waals surface area contributed by atoms with E-state index in [1.54, 1.807) is 24.3 Å². The fraction of sp³-hybridized carbons (Fsp3) is 0.417. The second-order valence-corrected chi connectivity index (χ2v) is 10.9. The van der Waals surface area contributed by atoms with E-state index < -0.39 is 29.8 Å². The maximum atomic E-state index is 13.1. The number of hydrogen-bond donors (Lipinski definition) is 4. The highest BCUT2D eigenvalue weighted by Crippen LogP contribution is 2.49. The second-order valence-electron chi connectivity index (χ2n) is 9.82. The number of aromatic amines is 1. The van der Waals surface area contributed by atoms with Gasteiger partial charge in [0.1, 0.15) is 23.2 Å². The predicted octanol–water partition coefficient (Wildman–Crippen LogP) is 3.96. The number of nitrogens with zero attached hydrogens (tertiary/aromatic N) is 4. The number of rotatable bonds is 8. The van der Waals surface area contributed by atoms with Gasteiger partial charge in [-0.25, -0.2) is 18.7 Å². The van der Waals surface area contributed by atoms with E-state index in [9.17, 15) is 18.7 Å². The molecule has 4 N–H and O–H groups in total. The van der Waals surface area contributed by atoms with Gasteiger partial charge in [-0.05, 0) is 61.7 Å². The molecule has 1 aliphatic heterocycles. The Morgan fingerprint density at radius 2 is 1.89 bits per heavy atom. The summed E-state index contributed by atoms with van der Waals surface area (Å²) in [5, 5.41) is 24.1. The van der Waals surface area contributed by atoms with Crippen molar-refractivity contribution in [1.29, 1.82) is 0 Å². The average Bonchev–Trinajstić information content (AvgIpc) is 3.72. The number of benzene rings is 1. The third-order valence-electron chi connectivity index (χ3n) is 6.72. The number of halogens is 2. The van der Waals surface area contributed by atoms with Crippen LogP contribution in [0.1, 0.15) is 25.0 Å². The predicted molar refractivity (Wildman–Crippen MR) is 131 cm³/mol. The summed E-state index contributed by atoms with van der Waals surface area (Å²) in [6.45, 7) is 2.98. The number of hydrogen-bond acceptors (Lipinski definition) is 8. The summed E-state index contributed by atoms with van der Waals surface area (Å²) < 4.78 is 26.3. The number of carbonyl (C=O) groups excluding carboxylic acids is 1. The van der Waals surface area contributed by atoms with Crippen LogP contribution < -0.4 is 15.5 Å². The fourth-order valence-electron chi connectivity index (χ4n) is 4.39. The van der Waals surface area contributed by atoms with Crippen LogP contribution in [0.25, 0.3) is 0 Å². The van der Waals surface area contributed by atoms with Crippen LogP contribution in [0.3, 0.4) is 0 Å². The van der Waals surface area contributed by atoms with Crippen molar-refractivity contribution >= 4 is 40.8 Å². The summed E-state index contributed by atoms with van der Waals surface area (Å²) in [4.78, 5) is 24.1. The minimum Gasteiger partial charge on any atom is -0.386 e. The number of β-amino-alcohol motifs (C(OH)–C–C–N with tert-alkyl or cyclic N) is 1. The number of amides is 1. The third-order valence-corrected chi connectivity index (χ3v) is 7.59. The molecule has 2 saturated carbocycles. The van der Waals surface area contributed by atoms with Gasteiger partial charge in [0.2, 0.25) is 5.91 Å². The van der Waals surface area contributed by atoms with E-state index in [1.807, 2.05) is 24.0 Å². The van der Waals surface area contributed by atoms with Gasteiger partial charge in [0.15, 0.2) is 11.0 Å². The average molecular weight is 514 g/mol. The van der Waals surface area contributed by atoms with Crippen LogP contribution in [0, 0.1) is 18.8 Å². The summed E-state index contributed by atoms with van der Waals surface area (Å²) in [6.07, 6.45) is 1.74. The quantitative estimate of drug-likeness (QED) is 0.334. The van der Waals surface area contributed by atoms with Crippen LogP contribution >= 0.6 is 11.8 Å². The first-order valence-corrected chi connectivity index (χ1v) is 12.6. The van der Waals surface area contributed by atoms with E-state index in [2.05, 4.69) is 25.8 Å². The molecule has 2 aliphatic carbocycles. The minimum atomic E-state index is -2.90. The van der Waals surface area contributed by atoms with E-state index in [4.69, 9.17) is 4.98 Å². The van der Waals surface area contributed by atoms with Crippen LogP contribution in [-0.4, -0.2) is 55.8 Å². The molecule has 3 heterocycles. The lowest BCUT2D eigenvalue weighted by Gasteiger charge is -2.47. The van der Waals surface area contributed by atoms with Gasteiger partial charge in [-0.1, -0.05) is 0 Å². The van der Waals surface area contributed by atoms with Gasteiger partial charge in [0.25, 0.3) is 5.92 Å². The van der Waals surface area contributed by atoms with Crippen LogP contribution in [0.2, 0.25) is 0 Å². The third kappa shape index (κ3) is 4.74. The topological polar surface area (TPSA) is 119 Å². The summed E-state index contributed by atoms with van der Waals surface area (Å²) in [7, 11) is 0. The first-order chi connectivity index (χ1) is 17.2. The number of anilines is 4. The van der Waals surface area contributed by atoms with E-state index in [-0.39, 0.29) is 0 Å². The van der Waals surface area contributed by atoms with E-state index in [0.717, 1.165) is 23.4 Å². The Labute approximate surface area is 210 Å². The van der Waals surface area contributed by atoms with Crippen molar-refractivity contribution in [3.8, 4) is 0 Å². The lowest BCUT2D eigenvalue weighted by atomic mass is 9.89. The Morgan fingerprint density at radius 1 is 1.17 bits per heavy atom. The molecule has 0 spiro atoms. The normalized spacial score (nSPS) is 21.6. The number of H-pyrrole nitrogens is 1. The van der Waals surface area contributed by atoms with Crippen molar-refractivity contribution in [2.75, 3.05) is 28.6 Å². The molecule has 1 unspecified atom stereocenters. The number of nitrogens with one attached hydrogen (secondary N) is 3. The van der Waals surface area contributed by atoms with Gasteiger partial charge in [0, 0.05) is 34.8 Å². The SMILES string of the molecule is Cc1cc(Nc2cc(N3CC(O)(C4CC4)C3)nc(Sc3ccc(NC(=O)C4CC4(F)F)cc3)n2)n[nH]1. The van der Waals surface area contributed by atoms with Gasteiger partial charge in [-0.2, -0.15) is 5.10 Å². The molecular formula is C24H25F2N7O2S. The first-order valence-electron chi connectivity index (χ1n) is 11.8. The Morgan fingerprint density at radius 3 is 2.50 bits per heavy atom. The fourth-order valence-corrected chi connectivity index (χ4v) is 5.16. The lowest BCUT2D eigenvalue weighted by Crippen LogP contribution is -2.63. The Balaban J connectivity index is 1.18. The molecule has 1 aromatic carbocycles. The summed E-state index contributed by atoms with van der Waals surface area (Å²) in [6, 6.07) is 10.6. The molecule has 2 aromatic heterocycles. The minimum absolute atomic E-state index is 0.374. The maximum Gasteiger partial charge on any atom is 0.260 e. The number of carbonyl (C=O) groups is 1. The van der Waals surface area contributed by atoms with E-state index >= 15 is 0 Å². The van der Waals surface area contributed by atoms with Gasteiger partial charge < -0.3 is 20.6 Å². The zero-order valence-corrected chi connectivity index (χ0v) is 20.3. The van der Waals surface area contributed by atoms with E-state index in [0.29, 0.717) is 47.3 Å². The second kappa shape index (κ2) is 8.41. The Bertz CT molecular complexity index is 1310. The molecule has 1 amide bonds. The smallest absolute Gasteiger partial charge is 0.260 e. The molecule has 3 aromatic rings. The molecule has 1 atom stereocenters. The highest BCUT2D eigenvalue weighted by molar-refractivity contribution is 7.99. The van der Waals surface area contributed by atoms with Crippen LogP contribution in [-0.2, 0) is 4.79 Å². The summed E-state index contributed by atoms with van der Waals surface area (Å²) in [5.74, 6) is -2.51. The highest BCUT2D eigenvalue weighted by Gasteiger charge is 2.61. The standard InChI is InChI=1S/C24H25F2N7O2S/c1-13-8-19(32-31-13)28-18-9-20(33-11-23(35,12-33)14-2-3-14)30-22(29-18)36-16-6-4-15(5-7-16)27-21(34)17-10-24(17,25)26/h4-9,14,17,35H,2-3,10-12H2,1H3,(H,27,34)(H2,28,29,30,31,32). The zero-order valence-electron chi connectivity index (χ0n) is 19.5. The number of aryl methyl sites for hydroxylation is 1. The molecule has 0 radical (unpaired) electrons. The van der Waals surface area contributed by atoms with E-state index in [1.165, 1.54) is 11.8 Å².